The van der Waals surface area contributed by atoms with Gasteiger partial charge in [0.2, 0.25) is 0 Å². The van der Waals surface area contributed by atoms with Crippen LogP contribution in [0.1, 0.15) is 22.5 Å². The highest BCUT2D eigenvalue weighted by Crippen LogP contribution is 2.07. The number of carbonyl (C=O) groups excluding carboxylic acids is 1. The Bertz CT molecular complexity index is 405. The number of aryl methyl sites for hydroxylation is 1. The lowest BCUT2D eigenvalue weighted by molar-refractivity contribution is -0.139. The molecular weight excluding hydrogens is 244 g/mol. The summed E-state index contributed by atoms with van der Waals surface area (Å²) in [5.41, 5.74) is 0.264. The van der Waals surface area contributed by atoms with Crippen LogP contribution in [0.3, 0.4) is 0 Å². The van der Waals surface area contributed by atoms with Gasteiger partial charge in [-0.3, -0.25) is 4.79 Å². The van der Waals surface area contributed by atoms with Crippen molar-refractivity contribution >= 4 is 23.6 Å². The van der Waals surface area contributed by atoms with Crippen molar-refractivity contribution in [2.45, 2.75) is 19.4 Å². The van der Waals surface area contributed by atoms with Crippen molar-refractivity contribution in [2.24, 2.45) is 0 Å². The summed E-state index contributed by atoms with van der Waals surface area (Å²) >= 11 is 1.53. The maximum Gasteiger partial charge on any atom is 0.326 e. The van der Waals surface area contributed by atoms with Crippen LogP contribution in [0.15, 0.2) is 10.7 Å². The van der Waals surface area contributed by atoms with E-state index in [2.05, 4.69) is 10.5 Å². The van der Waals surface area contributed by atoms with Crippen LogP contribution in [-0.2, 0) is 4.79 Å². The largest absolute Gasteiger partial charge is 0.480 e. The Kier molecular flexibility index (Phi) is 5.02. The number of thioether (sulfide) groups is 1. The second-order valence-corrected chi connectivity index (χ2v) is 4.43. The number of hydrogen-bond acceptors (Lipinski definition) is 5. The van der Waals surface area contributed by atoms with Gasteiger partial charge in [-0.15, -0.1) is 0 Å². The molecule has 0 fully saturated rings. The molecule has 0 radical (unpaired) electrons. The minimum atomic E-state index is -1.04. The lowest BCUT2D eigenvalue weighted by Gasteiger charge is -2.13. The third-order valence-corrected chi connectivity index (χ3v) is 2.85. The highest BCUT2D eigenvalue weighted by atomic mass is 32.2. The van der Waals surface area contributed by atoms with Crippen LogP contribution in [0.4, 0.5) is 0 Å². The second-order valence-electron chi connectivity index (χ2n) is 3.44. The minimum Gasteiger partial charge on any atom is -0.480 e. The van der Waals surface area contributed by atoms with E-state index in [0.29, 0.717) is 17.9 Å². The summed E-state index contributed by atoms with van der Waals surface area (Å²) in [4.78, 5) is 22.7. The van der Waals surface area contributed by atoms with E-state index in [9.17, 15) is 9.59 Å². The first kappa shape index (κ1) is 13.6. The number of carboxylic acid groups (broad SMARTS) is 1. The molecule has 1 atom stereocenters. The molecule has 0 saturated heterocycles. The van der Waals surface area contributed by atoms with E-state index >= 15 is 0 Å². The topological polar surface area (TPSA) is 92.4 Å². The molecule has 0 aliphatic heterocycles. The number of amides is 1. The molecule has 0 aliphatic rings. The van der Waals surface area contributed by atoms with E-state index < -0.39 is 17.9 Å². The van der Waals surface area contributed by atoms with Crippen LogP contribution in [0.25, 0.3) is 0 Å². The Labute approximate surface area is 103 Å². The molecule has 0 spiro atoms. The molecule has 0 saturated carbocycles. The molecule has 6 nitrogen and oxygen atoms in total. The maximum atomic E-state index is 11.7. The van der Waals surface area contributed by atoms with Crippen molar-refractivity contribution in [1.82, 2.24) is 10.5 Å². The van der Waals surface area contributed by atoms with Crippen LogP contribution >= 0.6 is 11.8 Å². The number of nitrogens with one attached hydrogen (secondary N) is 1. The Morgan fingerprint density at radius 1 is 1.65 bits per heavy atom. The smallest absolute Gasteiger partial charge is 0.326 e. The van der Waals surface area contributed by atoms with Gasteiger partial charge in [0.05, 0.1) is 6.20 Å². The predicted molar refractivity (Wildman–Crippen MR) is 63.1 cm³/mol. The normalized spacial score (nSPS) is 12.1. The lowest BCUT2D eigenvalue weighted by Crippen LogP contribution is -2.41. The summed E-state index contributed by atoms with van der Waals surface area (Å²) < 4.78 is 4.75. The first-order valence-corrected chi connectivity index (χ1v) is 6.39. The van der Waals surface area contributed by atoms with Gasteiger partial charge in [0.1, 0.15) is 17.4 Å². The summed E-state index contributed by atoms with van der Waals surface area (Å²) in [6, 6.07) is -0.885. The van der Waals surface area contributed by atoms with Crippen LogP contribution in [0, 0.1) is 6.92 Å². The van der Waals surface area contributed by atoms with Crippen LogP contribution in [0.5, 0.6) is 0 Å². The molecule has 0 aromatic carbocycles. The second kappa shape index (κ2) is 6.29. The fourth-order valence-corrected chi connectivity index (χ4v) is 1.72. The monoisotopic (exact) mass is 258 g/mol. The van der Waals surface area contributed by atoms with Gasteiger partial charge < -0.3 is 14.9 Å². The van der Waals surface area contributed by atoms with Gasteiger partial charge in [0.25, 0.3) is 5.91 Å². The van der Waals surface area contributed by atoms with Gasteiger partial charge >= 0.3 is 5.97 Å². The van der Waals surface area contributed by atoms with Crippen molar-refractivity contribution in [2.75, 3.05) is 12.0 Å². The molecule has 0 bridgehead atoms. The molecule has 1 aromatic rings. The summed E-state index contributed by atoms with van der Waals surface area (Å²) in [5.74, 6) is -0.477. The molecule has 0 aliphatic carbocycles. The number of hydrogen-bond donors (Lipinski definition) is 2. The van der Waals surface area contributed by atoms with Gasteiger partial charge in [-0.25, -0.2) is 4.79 Å². The summed E-state index contributed by atoms with van der Waals surface area (Å²) in [6.45, 7) is 1.60. The van der Waals surface area contributed by atoms with E-state index in [1.807, 2.05) is 6.26 Å². The predicted octanol–water partition coefficient (Wildman–Crippen LogP) is 0.919. The number of aromatic nitrogens is 1. The number of aliphatic carboxylic acids is 1. The van der Waals surface area contributed by atoms with Gasteiger partial charge in [0, 0.05) is 0 Å². The van der Waals surface area contributed by atoms with E-state index in [1.54, 1.807) is 6.92 Å². The Morgan fingerprint density at radius 3 is 2.82 bits per heavy atom. The number of nitrogens with zero attached hydrogens (tertiary/aromatic N) is 1. The summed E-state index contributed by atoms with van der Waals surface area (Å²) in [6.07, 6.45) is 3.54. The van der Waals surface area contributed by atoms with Crippen LogP contribution < -0.4 is 5.32 Å². The maximum absolute atomic E-state index is 11.7. The molecule has 1 rings (SSSR count). The molecule has 94 valence electrons. The van der Waals surface area contributed by atoms with Crippen molar-refractivity contribution in [3.8, 4) is 0 Å². The lowest BCUT2D eigenvalue weighted by atomic mass is 10.2. The SMILES string of the molecule is CSCC[C@@H](NC(=O)c1cnoc1C)C(=O)O. The third kappa shape index (κ3) is 3.77. The van der Waals surface area contributed by atoms with Gasteiger partial charge in [-0.1, -0.05) is 5.16 Å². The molecule has 17 heavy (non-hydrogen) atoms. The summed E-state index contributed by atoms with van der Waals surface area (Å²) in [7, 11) is 0. The fourth-order valence-electron chi connectivity index (χ4n) is 1.25. The Morgan fingerprint density at radius 2 is 2.35 bits per heavy atom. The first-order valence-electron chi connectivity index (χ1n) is 5.00. The molecule has 1 aromatic heterocycles. The molecule has 0 unspecified atom stereocenters. The van der Waals surface area contributed by atoms with Crippen LogP contribution in [-0.4, -0.2) is 40.2 Å². The first-order chi connectivity index (χ1) is 8.06. The zero-order valence-corrected chi connectivity index (χ0v) is 10.4. The van der Waals surface area contributed by atoms with Crippen molar-refractivity contribution in [3.63, 3.8) is 0 Å². The number of carboxylic acids is 1. The highest BCUT2D eigenvalue weighted by Gasteiger charge is 2.22. The minimum absolute atomic E-state index is 0.264. The number of rotatable bonds is 6. The summed E-state index contributed by atoms with van der Waals surface area (Å²) in [5, 5.41) is 14.9. The average molecular weight is 258 g/mol. The average Bonchev–Trinajstić information content (AvgIpc) is 2.70. The van der Waals surface area contributed by atoms with E-state index in [0.717, 1.165) is 0 Å². The number of carbonyl (C=O) groups is 2. The standard InChI is InChI=1S/C10H14N2O4S/c1-6-7(5-11-16-6)9(13)12-8(10(14)15)3-4-17-2/h5,8H,3-4H2,1-2H3,(H,12,13)(H,14,15)/t8-/m1/s1. The molecular formula is C10H14N2O4S. The van der Waals surface area contributed by atoms with Crippen LogP contribution in [0.2, 0.25) is 0 Å². The van der Waals surface area contributed by atoms with Crippen molar-refractivity contribution in [1.29, 1.82) is 0 Å². The fraction of sp³-hybridized carbons (Fsp3) is 0.500. The Balaban J connectivity index is 2.64. The zero-order valence-electron chi connectivity index (χ0n) is 9.60. The zero-order chi connectivity index (χ0) is 12.8. The van der Waals surface area contributed by atoms with Gasteiger partial charge in [-0.05, 0) is 25.4 Å². The Hall–Kier alpha value is -1.50. The quantitative estimate of drug-likeness (QED) is 0.788. The molecule has 1 heterocycles. The third-order valence-electron chi connectivity index (χ3n) is 2.21. The molecule has 1 amide bonds. The molecule has 2 N–H and O–H groups in total. The van der Waals surface area contributed by atoms with Crippen molar-refractivity contribution in [3.05, 3.63) is 17.5 Å². The van der Waals surface area contributed by atoms with Crippen molar-refractivity contribution < 1.29 is 19.2 Å². The van der Waals surface area contributed by atoms with E-state index in [-0.39, 0.29) is 5.56 Å². The van der Waals surface area contributed by atoms with E-state index in [1.165, 1.54) is 18.0 Å². The highest BCUT2D eigenvalue weighted by molar-refractivity contribution is 7.98. The van der Waals surface area contributed by atoms with Gasteiger partial charge in [0.15, 0.2) is 0 Å². The van der Waals surface area contributed by atoms with Gasteiger partial charge in [-0.2, -0.15) is 11.8 Å². The molecule has 7 heteroatoms. The van der Waals surface area contributed by atoms with E-state index in [4.69, 9.17) is 9.63 Å².